The van der Waals surface area contributed by atoms with Crippen molar-refractivity contribution in [3.63, 3.8) is 0 Å². The second-order valence-corrected chi connectivity index (χ2v) is 8.43. The molecule has 0 radical (unpaired) electrons. The van der Waals surface area contributed by atoms with Gasteiger partial charge >= 0.3 is 5.97 Å². The first kappa shape index (κ1) is 23.5. The van der Waals surface area contributed by atoms with Gasteiger partial charge in [-0.3, -0.25) is 0 Å². The van der Waals surface area contributed by atoms with Crippen molar-refractivity contribution in [2.24, 2.45) is 0 Å². The van der Waals surface area contributed by atoms with E-state index in [9.17, 15) is 4.79 Å². The summed E-state index contributed by atoms with van der Waals surface area (Å²) < 4.78 is 18.2. The first-order valence-corrected chi connectivity index (χ1v) is 11.9. The van der Waals surface area contributed by atoms with Crippen molar-refractivity contribution in [3.8, 4) is 0 Å². The molecule has 0 spiro atoms. The highest BCUT2D eigenvalue weighted by Gasteiger charge is 2.30. The van der Waals surface area contributed by atoms with Gasteiger partial charge in [-0.15, -0.1) is 0 Å². The van der Waals surface area contributed by atoms with Crippen molar-refractivity contribution in [2.75, 3.05) is 6.61 Å². The number of esters is 1. The van der Waals surface area contributed by atoms with Gasteiger partial charge in [0.25, 0.3) is 0 Å². The van der Waals surface area contributed by atoms with Gasteiger partial charge in [-0.2, -0.15) is 0 Å². The molecule has 1 unspecified atom stereocenters. The van der Waals surface area contributed by atoms with Crippen molar-refractivity contribution >= 4 is 5.97 Å². The van der Waals surface area contributed by atoms with E-state index in [1.54, 1.807) is 12.1 Å². The van der Waals surface area contributed by atoms with Crippen LogP contribution >= 0.6 is 0 Å². The summed E-state index contributed by atoms with van der Waals surface area (Å²) in [5, 5.41) is 0. The van der Waals surface area contributed by atoms with Crippen molar-refractivity contribution in [1.82, 2.24) is 4.90 Å². The zero-order valence-electron chi connectivity index (χ0n) is 19.8. The maximum Gasteiger partial charge on any atom is 0.343 e. The summed E-state index contributed by atoms with van der Waals surface area (Å²) >= 11 is 0. The number of fused-ring (bicyclic) bond motifs is 1. The van der Waals surface area contributed by atoms with E-state index in [1.807, 2.05) is 114 Å². The minimum Gasteiger partial charge on any atom is -0.422 e. The van der Waals surface area contributed by atoms with Crippen LogP contribution in [0.1, 0.15) is 21.5 Å². The molecule has 0 bridgehead atoms. The summed E-state index contributed by atoms with van der Waals surface area (Å²) in [6.45, 7) is 1.31. The van der Waals surface area contributed by atoms with Crippen LogP contribution in [0.3, 0.4) is 0 Å². The lowest BCUT2D eigenvalue weighted by molar-refractivity contribution is 0.0300. The fourth-order valence-electron chi connectivity index (χ4n) is 4.04. The molecule has 1 atom stereocenters. The topological polar surface area (TPSA) is 48.0 Å². The van der Waals surface area contributed by atoms with Crippen LogP contribution in [0.15, 0.2) is 139 Å². The van der Waals surface area contributed by atoms with Gasteiger partial charge in [0.1, 0.15) is 6.10 Å². The molecule has 0 saturated heterocycles. The second-order valence-electron chi connectivity index (χ2n) is 8.43. The lowest BCUT2D eigenvalue weighted by atomic mass is 10.1. The minimum atomic E-state index is -0.515. The van der Waals surface area contributed by atoms with Crippen LogP contribution < -0.4 is 0 Å². The fraction of sp³-hybridized carbons (Fsp3) is 0.129. The Morgan fingerprint density at radius 2 is 1.42 bits per heavy atom. The lowest BCUT2D eigenvalue weighted by Crippen LogP contribution is -2.31. The number of rotatable bonds is 9. The number of benzene rings is 3. The third-order valence-electron chi connectivity index (χ3n) is 5.88. The molecular weight excluding hydrogens is 450 g/mol. The lowest BCUT2D eigenvalue weighted by Gasteiger charge is -2.34. The van der Waals surface area contributed by atoms with Crippen LogP contribution in [-0.2, 0) is 27.4 Å². The summed E-state index contributed by atoms with van der Waals surface area (Å²) in [6, 6.07) is 29.0. The molecule has 5 rings (SSSR count). The SMILES string of the molecule is O=C(OC1=C2C=CC=C(COCc3ccccc3)N2C=CC1OCc1ccccc1)c1ccccc1. The maximum absolute atomic E-state index is 13.0. The predicted molar refractivity (Wildman–Crippen MR) is 138 cm³/mol. The van der Waals surface area contributed by atoms with E-state index in [2.05, 4.69) is 0 Å². The Balaban J connectivity index is 1.35. The molecule has 5 heteroatoms. The van der Waals surface area contributed by atoms with Crippen molar-refractivity contribution in [1.29, 1.82) is 0 Å². The van der Waals surface area contributed by atoms with Gasteiger partial charge in [0.15, 0.2) is 5.76 Å². The highest BCUT2D eigenvalue weighted by atomic mass is 16.6. The zero-order valence-corrected chi connectivity index (χ0v) is 19.8. The number of carbonyl (C=O) groups excluding carboxylic acids is 1. The van der Waals surface area contributed by atoms with Crippen molar-refractivity contribution in [2.45, 2.75) is 19.3 Å². The fourth-order valence-corrected chi connectivity index (χ4v) is 4.04. The summed E-state index contributed by atoms with van der Waals surface area (Å²) in [5.74, 6) is 0.0266. The Kier molecular flexibility index (Phi) is 7.52. The Hall–Kier alpha value is -4.19. The van der Waals surface area contributed by atoms with Gasteiger partial charge in [0.05, 0.1) is 31.1 Å². The van der Waals surface area contributed by atoms with Crippen LogP contribution in [0, 0.1) is 0 Å². The average Bonchev–Trinajstić information content (AvgIpc) is 2.94. The standard InChI is InChI=1S/C31H27NO4/c33-31(26-15-8-3-9-16-26)36-30-28-18-10-17-27(23-34-21-24-11-4-1-5-12-24)32(28)20-19-29(30)35-22-25-13-6-2-7-14-25/h1-20,29H,21-23H2. The third kappa shape index (κ3) is 5.71. The van der Waals surface area contributed by atoms with Gasteiger partial charge in [-0.1, -0.05) is 84.9 Å². The summed E-state index contributed by atoms with van der Waals surface area (Å²) in [4.78, 5) is 15.0. The smallest absolute Gasteiger partial charge is 0.343 e. The van der Waals surface area contributed by atoms with Crippen LogP contribution in [0.25, 0.3) is 0 Å². The quantitative estimate of drug-likeness (QED) is 0.347. The minimum absolute atomic E-state index is 0.391. The highest BCUT2D eigenvalue weighted by molar-refractivity contribution is 5.90. The Bertz CT molecular complexity index is 1290. The molecule has 36 heavy (non-hydrogen) atoms. The van der Waals surface area contributed by atoms with Crippen LogP contribution in [0.4, 0.5) is 0 Å². The summed E-state index contributed by atoms with van der Waals surface area (Å²) in [7, 11) is 0. The van der Waals surface area contributed by atoms with Crippen molar-refractivity contribution < 1.29 is 19.0 Å². The van der Waals surface area contributed by atoms with E-state index < -0.39 is 12.1 Å². The number of nitrogens with zero attached hydrogens (tertiary/aromatic N) is 1. The third-order valence-corrected chi connectivity index (χ3v) is 5.88. The zero-order chi connectivity index (χ0) is 24.6. The normalized spacial score (nSPS) is 16.5. The number of hydrogen-bond acceptors (Lipinski definition) is 5. The van der Waals surface area contributed by atoms with Crippen LogP contribution in [-0.4, -0.2) is 23.6 Å². The first-order chi connectivity index (χ1) is 17.8. The second kappa shape index (κ2) is 11.5. The molecule has 3 aromatic carbocycles. The monoisotopic (exact) mass is 477 g/mol. The van der Waals surface area contributed by atoms with Crippen LogP contribution in [0.2, 0.25) is 0 Å². The van der Waals surface area contributed by atoms with E-state index >= 15 is 0 Å². The van der Waals surface area contributed by atoms with Gasteiger partial charge in [0, 0.05) is 11.9 Å². The summed E-state index contributed by atoms with van der Waals surface area (Å²) in [6.07, 6.45) is 9.21. The Morgan fingerprint density at radius 1 is 0.778 bits per heavy atom. The molecule has 0 N–H and O–H groups in total. The number of allylic oxidation sites excluding steroid dienone is 3. The Morgan fingerprint density at radius 3 is 2.11 bits per heavy atom. The van der Waals surface area contributed by atoms with Gasteiger partial charge < -0.3 is 19.1 Å². The molecule has 0 aliphatic carbocycles. The molecule has 180 valence electrons. The van der Waals surface area contributed by atoms with E-state index in [4.69, 9.17) is 14.2 Å². The van der Waals surface area contributed by atoms with Crippen molar-refractivity contribution in [3.05, 3.63) is 155 Å². The molecule has 2 aliphatic heterocycles. The highest BCUT2D eigenvalue weighted by Crippen LogP contribution is 2.32. The number of ether oxygens (including phenoxy) is 3. The molecule has 0 fully saturated rings. The maximum atomic E-state index is 13.0. The summed E-state index contributed by atoms with van der Waals surface area (Å²) in [5.41, 5.74) is 4.33. The molecule has 3 aromatic rings. The average molecular weight is 478 g/mol. The Labute approximate surface area is 211 Å². The number of carbonyl (C=O) groups is 1. The van der Waals surface area contributed by atoms with E-state index in [1.165, 1.54) is 0 Å². The van der Waals surface area contributed by atoms with Gasteiger partial charge in [-0.05, 0) is 41.5 Å². The van der Waals surface area contributed by atoms with E-state index in [0.29, 0.717) is 31.1 Å². The van der Waals surface area contributed by atoms with Gasteiger partial charge in [0.2, 0.25) is 0 Å². The molecule has 5 nitrogen and oxygen atoms in total. The van der Waals surface area contributed by atoms with Crippen LogP contribution in [0.5, 0.6) is 0 Å². The van der Waals surface area contributed by atoms with E-state index in [-0.39, 0.29) is 0 Å². The largest absolute Gasteiger partial charge is 0.422 e. The molecule has 2 heterocycles. The molecule has 0 aromatic heterocycles. The first-order valence-electron chi connectivity index (χ1n) is 11.9. The van der Waals surface area contributed by atoms with Gasteiger partial charge in [-0.25, -0.2) is 4.79 Å². The molecular formula is C31H27NO4. The van der Waals surface area contributed by atoms with E-state index in [0.717, 1.165) is 22.5 Å². The predicted octanol–water partition coefficient (Wildman–Crippen LogP) is 6.14. The molecule has 0 saturated carbocycles. The molecule has 0 amide bonds. The number of hydrogen-bond donors (Lipinski definition) is 0. The molecule has 2 aliphatic rings.